The van der Waals surface area contributed by atoms with Crippen molar-refractivity contribution in [2.24, 2.45) is 0 Å². The number of aromatic carboxylic acids is 1. The summed E-state index contributed by atoms with van der Waals surface area (Å²) < 4.78 is 4.69. The Hall–Kier alpha value is -0.840. The topological polar surface area (TPSA) is 66.4 Å². The van der Waals surface area contributed by atoms with Gasteiger partial charge in [0.2, 0.25) is 0 Å². The van der Waals surface area contributed by atoms with Crippen molar-refractivity contribution in [3.8, 4) is 0 Å². The van der Waals surface area contributed by atoms with Gasteiger partial charge in [0.1, 0.15) is 0 Å². The summed E-state index contributed by atoms with van der Waals surface area (Å²) in [6.45, 7) is 1.86. The number of hydrogen-bond acceptors (Lipinski definition) is 4. The van der Waals surface area contributed by atoms with Crippen LogP contribution in [0.15, 0.2) is 24.3 Å². The summed E-state index contributed by atoms with van der Waals surface area (Å²) in [7, 11) is 0. The number of carbonyl (C=O) groups is 2. The van der Waals surface area contributed by atoms with Crippen LogP contribution < -0.4 is 34.7 Å². The molecule has 1 rings (SSSR count). The number of hydrogen-bond donors (Lipinski definition) is 0. The van der Waals surface area contributed by atoms with Crippen molar-refractivity contribution in [1.29, 1.82) is 0 Å². The average Bonchev–Trinajstić information content (AvgIpc) is 2.18. The Balaban J connectivity index is 0.00000196. The van der Waals surface area contributed by atoms with Crippen molar-refractivity contribution in [3.05, 3.63) is 35.4 Å². The van der Waals surface area contributed by atoms with Gasteiger partial charge in [-0.05, 0) is 13.0 Å². The summed E-state index contributed by atoms with van der Waals surface area (Å²) in [5, 5.41) is 10.6. The molecule has 0 saturated heterocycles. The van der Waals surface area contributed by atoms with Gasteiger partial charge in [-0.2, -0.15) is 0 Å². The smallest absolute Gasteiger partial charge is 0.545 e. The zero-order chi connectivity index (χ0) is 10.6. The van der Waals surface area contributed by atoms with E-state index in [-0.39, 0.29) is 47.3 Å². The third-order valence-electron chi connectivity index (χ3n) is 1.64. The van der Waals surface area contributed by atoms with Gasteiger partial charge in [0, 0.05) is 5.56 Å². The Kier molecular flexibility index (Phi) is 6.24. The second-order valence-electron chi connectivity index (χ2n) is 2.55. The first-order chi connectivity index (χ1) is 6.66. The van der Waals surface area contributed by atoms with Crippen LogP contribution in [-0.4, -0.2) is 18.5 Å². The van der Waals surface area contributed by atoms with Crippen molar-refractivity contribution in [3.63, 3.8) is 0 Å². The molecule has 0 spiro atoms. The zero-order valence-corrected chi connectivity index (χ0v) is 10.6. The molecule has 0 saturated carbocycles. The number of carboxylic acid groups (broad SMARTS) is 1. The van der Waals surface area contributed by atoms with E-state index in [0.717, 1.165) is 0 Å². The van der Waals surface area contributed by atoms with Gasteiger partial charge in [-0.3, -0.25) is 0 Å². The van der Waals surface area contributed by atoms with Crippen molar-refractivity contribution in [2.45, 2.75) is 6.92 Å². The van der Waals surface area contributed by atoms with Crippen LogP contribution in [0.4, 0.5) is 0 Å². The fraction of sp³-hybridized carbons (Fsp3) is 0.200. The van der Waals surface area contributed by atoms with Gasteiger partial charge in [0.15, 0.2) is 0 Å². The van der Waals surface area contributed by atoms with Crippen LogP contribution in [0.25, 0.3) is 0 Å². The Morgan fingerprint density at radius 1 is 1.27 bits per heavy atom. The van der Waals surface area contributed by atoms with Crippen molar-refractivity contribution < 1.29 is 49.0 Å². The zero-order valence-electron chi connectivity index (χ0n) is 8.65. The minimum Gasteiger partial charge on any atom is -0.545 e. The Morgan fingerprint density at radius 3 is 2.27 bits per heavy atom. The van der Waals surface area contributed by atoms with E-state index >= 15 is 0 Å². The molecule has 0 N–H and O–H groups in total. The summed E-state index contributed by atoms with van der Waals surface area (Å²) in [6.07, 6.45) is 0. The molecule has 0 aromatic heterocycles. The van der Waals surface area contributed by atoms with E-state index in [0.29, 0.717) is 0 Å². The molecule has 0 unspecified atom stereocenters. The van der Waals surface area contributed by atoms with Crippen molar-refractivity contribution in [2.75, 3.05) is 6.61 Å². The first-order valence-corrected chi connectivity index (χ1v) is 4.14. The summed E-state index contributed by atoms with van der Waals surface area (Å²) >= 11 is 0. The second-order valence-corrected chi connectivity index (χ2v) is 2.55. The van der Waals surface area contributed by atoms with E-state index in [2.05, 4.69) is 4.74 Å². The summed E-state index contributed by atoms with van der Waals surface area (Å²) in [4.78, 5) is 21.9. The summed E-state index contributed by atoms with van der Waals surface area (Å²) in [6, 6.07) is 5.79. The third-order valence-corrected chi connectivity index (χ3v) is 1.64. The molecule has 0 atom stereocenters. The average molecular weight is 216 g/mol. The minimum absolute atomic E-state index is 0. The Bertz CT molecular complexity index is 362. The minimum atomic E-state index is -1.38. The molecule has 0 radical (unpaired) electrons. The van der Waals surface area contributed by atoms with Gasteiger partial charge in [-0.1, -0.05) is 18.2 Å². The van der Waals surface area contributed by atoms with E-state index < -0.39 is 11.9 Å². The SMILES string of the molecule is CCOC(=O)c1ccccc1C(=O)[O-].[Na+]. The maximum absolute atomic E-state index is 11.3. The first-order valence-electron chi connectivity index (χ1n) is 4.14. The molecule has 0 aliphatic rings. The monoisotopic (exact) mass is 216 g/mol. The normalized spacial score (nSPS) is 8.87. The fourth-order valence-corrected chi connectivity index (χ4v) is 1.05. The molecule has 15 heavy (non-hydrogen) atoms. The predicted molar refractivity (Wildman–Crippen MR) is 46.7 cm³/mol. The molecular weight excluding hydrogens is 207 g/mol. The van der Waals surface area contributed by atoms with Crippen LogP contribution in [-0.2, 0) is 4.74 Å². The number of rotatable bonds is 3. The van der Waals surface area contributed by atoms with E-state index in [1.54, 1.807) is 13.0 Å². The molecule has 4 nitrogen and oxygen atoms in total. The van der Waals surface area contributed by atoms with Gasteiger partial charge in [-0.25, -0.2) is 4.79 Å². The van der Waals surface area contributed by atoms with Gasteiger partial charge in [0.25, 0.3) is 0 Å². The number of ether oxygens (including phenoxy) is 1. The molecule has 1 aromatic rings. The summed E-state index contributed by atoms with van der Waals surface area (Å²) in [5.41, 5.74) is -0.125. The number of carboxylic acids is 1. The van der Waals surface area contributed by atoms with E-state index in [4.69, 9.17) is 0 Å². The number of carbonyl (C=O) groups excluding carboxylic acids is 2. The van der Waals surface area contributed by atoms with Crippen LogP contribution in [0.2, 0.25) is 0 Å². The molecule has 5 heteroatoms. The van der Waals surface area contributed by atoms with Gasteiger partial charge < -0.3 is 14.6 Å². The van der Waals surface area contributed by atoms with Crippen LogP contribution in [0.1, 0.15) is 27.6 Å². The maximum atomic E-state index is 11.3. The molecule has 0 bridgehead atoms. The van der Waals surface area contributed by atoms with E-state index in [1.807, 2.05) is 0 Å². The summed E-state index contributed by atoms with van der Waals surface area (Å²) in [5.74, 6) is -2.03. The standard InChI is InChI=1S/C10H10O4.Na/c1-2-14-10(13)8-6-4-3-5-7(8)9(11)12;/h3-6H,2H2,1H3,(H,11,12);/q;+1/p-1. The van der Waals surface area contributed by atoms with Crippen molar-refractivity contribution in [1.82, 2.24) is 0 Å². The quantitative estimate of drug-likeness (QED) is 0.405. The predicted octanol–water partition coefficient (Wildman–Crippen LogP) is -2.77. The Labute approximate surface area is 110 Å². The number of benzene rings is 1. The van der Waals surface area contributed by atoms with Gasteiger partial charge in [0.05, 0.1) is 18.1 Å². The van der Waals surface area contributed by atoms with Crippen LogP contribution in [0, 0.1) is 0 Å². The molecular formula is C10H9NaO4. The maximum Gasteiger partial charge on any atom is 1.00 e. The molecule has 0 aliphatic heterocycles. The van der Waals surface area contributed by atoms with Crippen molar-refractivity contribution >= 4 is 11.9 Å². The van der Waals surface area contributed by atoms with Crippen LogP contribution >= 0.6 is 0 Å². The van der Waals surface area contributed by atoms with E-state index in [1.165, 1.54) is 18.2 Å². The van der Waals surface area contributed by atoms with Crippen LogP contribution in [0.5, 0.6) is 0 Å². The molecule has 0 amide bonds. The van der Waals surface area contributed by atoms with Crippen LogP contribution in [0.3, 0.4) is 0 Å². The third kappa shape index (κ3) is 3.66. The molecule has 0 heterocycles. The molecule has 0 aliphatic carbocycles. The fourth-order valence-electron chi connectivity index (χ4n) is 1.05. The molecule has 0 fully saturated rings. The molecule has 1 aromatic carbocycles. The van der Waals surface area contributed by atoms with E-state index in [9.17, 15) is 14.7 Å². The largest absolute Gasteiger partial charge is 1.00 e. The van der Waals surface area contributed by atoms with Gasteiger partial charge in [-0.15, -0.1) is 0 Å². The number of esters is 1. The second kappa shape index (κ2) is 6.61. The van der Waals surface area contributed by atoms with Gasteiger partial charge >= 0.3 is 35.5 Å². The molecule has 74 valence electrons. The first kappa shape index (κ1) is 14.2. The Morgan fingerprint density at radius 2 is 1.80 bits per heavy atom.